The van der Waals surface area contributed by atoms with E-state index in [0.29, 0.717) is 16.0 Å². The van der Waals surface area contributed by atoms with Gasteiger partial charge in [-0.25, -0.2) is 9.67 Å². The first kappa shape index (κ1) is 16.1. The molecule has 7 nitrogen and oxygen atoms in total. The fourth-order valence-corrected chi connectivity index (χ4v) is 3.23. The first-order valence-electron chi connectivity index (χ1n) is 7.84. The van der Waals surface area contributed by atoms with Gasteiger partial charge in [0.25, 0.3) is 5.56 Å². The highest BCUT2D eigenvalue weighted by atomic mass is 32.1. The van der Waals surface area contributed by atoms with E-state index in [0.717, 1.165) is 15.9 Å². The van der Waals surface area contributed by atoms with Crippen molar-refractivity contribution in [3.63, 3.8) is 0 Å². The molecule has 0 radical (unpaired) electrons. The van der Waals surface area contributed by atoms with Gasteiger partial charge in [0.2, 0.25) is 5.91 Å². The van der Waals surface area contributed by atoms with Crippen LogP contribution in [0.25, 0.3) is 22.2 Å². The highest BCUT2D eigenvalue weighted by molar-refractivity contribution is 7.14. The molecule has 128 valence electrons. The quantitative estimate of drug-likeness (QED) is 0.602. The Morgan fingerprint density at radius 2 is 1.85 bits per heavy atom. The fourth-order valence-electron chi connectivity index (χ4n) is 2.49. The molecule has 0 spiro atoms. The van der Waals surface area contributed by atoms with Crippen molar-refractivity contribution in [2.75, 3.05) is 5.32 Å². The number of nitrogens with one attached hydrogen (secondary N) is 1. The molecule has 0 saturated heterocycles. The maximum atomic E-state index is 12.4. The molecule has 0 aliphatic rings. The molecule has 4 rings (SSSR count). The van der Waals surface area contributed by atoms with E-state index in [1.54, 1.807) is 24.3 Å². The van der Waals surface area contributed by atoms with Crippen molar-refractivity contribution in [2.24, 2.45) is 0 Å². The molecule has 0 bridgehead atoms. The summed E-state index contributed by atoms with van der Waals surface area (Å²) >= 11 is 1.32. The number of carbonyl (C=O) groups is 1. The summed E-state index contributed by atoms with van der Waals surface area (Å²) in [7, 11) is 0. The van der Waals surface area contributed by atoms with Crippen LogP contribution in [0.5, 0.6) is 0 Å². The third kappa shape index (κ3) is 3.22. The van der Waals surface area contributed by atoms with E-state index < -0.39 is 0 Å². The van der Waals surface area contributed by atoms with Gasteiger partial charge in [-0.2, -0.15) is 0 Å². The SMILES string of the molecule is O=C(Cn1nnc2ccccc2c1=O)Nc1nc(-c2ccccc2)cs1. The zero-order valence-electron chi connectivity index (χ0n) is 13.5. The molecular formula is C18H13N5O2S. The van der Waals surface area contributed by atoms with Gasteiger partial charge in [0.05, 0.1) is 11.1 Å². The number of fused-ring (bicyclic) bond motifs is 1. The largest absolute Gasteiger partial charge is 0.300 e. The molecule has 1 N–H and O–H groups in total. The number of hydrogen-bond acceptors (Lipinski definition) is 6. The number of carbonyl (C=O) groups excluding carboxylic acids is 1. The third-order valence-corrected chi connectivity index (χ3v) is 4.50. The number of hydrogen-bond donors (Lipinski definition) is 1. The number of rotatable bonds is 4. The van der Waals surface area contributed by atoms with Crippen molar-refractivity contribution in [2.45, 2.75) is 6.54 Å². The Kier molecular flexibility index (Phi) is 4.24. The predicted octanol–water partition coefficient (Wildman–Crippen LogP) is 2.55. The number of thiazole rings is 1. The van der Waals surface area contributed by atoms with Gasteiger partial charge in [0, 0.05) is 10.9 Å². The Balaban J connectivity index is 1.51. The van der Waals surface area contributed by atoms with Gasteiger partial charge < -0.3 is 5.32 Å². The Morgan fingerprint density at radius 3 is 2.69 bits per heavy atom. The molecule has 0 aliphatic heterocycles. The normalized spacial score (nSPS) is 10.8. The van der Waals surface area contributed by atoms with Gasteiger partial charge in [-0.05, 0) is 12.1 Å². The van der Waals surface area contributed by atoms with E-state index in [4.69, 9.17) is 0 Å². The minimum atomic E-state index is -0.384. The summed E-state index contributed by atoms with van der Waals surface area (Å²) in [5.74, 6) is -0.384. The number of benzene rings is 2. The van der Waals surface area contributed by atoms with Crippen molar-refractivity contribution in [1.82, 2.24) is 20.0 Å². The molecular weight excluding hydrogens is 350 g/mol. The van der Waals surface area contributed by atoms with Crippen molar-refractivity contribution < 1.29 is 4.79 Å². The number of anilines is 1. The van der Waals surface area contributed by atoms with Crippen LogP contribution in [0.3, 0.4) is 0 Å². The zero-order chi connectivity index (χ0) is 17.9. The lowest BCUT2D eigenvalue weighted by molar-refractivity contribution is -0.117. The molecule has 0 saturated carbocycles. The molecule has 0 unspecified atom stereocenters. The smallest absolute Gasteiger partial charge is 0.278 e. The monoisotopic (exact) mass is 363 g/mol. The van der Waals surface area contributed by atoms with Crippen LogP contribution in [0, 0.1) is 0 Å². The van der Waals surface area contributed by atoms with Crippen LogP contribution in [-0.4, -0.2) is 25.9 Å². The lowest BCUT2D eigenvalue weighted by atomic mass is 10.2. The van der Waals surface area contributed by atoms with Crippen LogP contribution >= 0.6 is 11.3 Å². The fraction of sp³-hybridized carbons (Fsp3) is 0.0556. The number of amides is 1. The van der Waals surface area contributed by atoms with Gasteiger partial charge >= 0.3 is 0 Å². The van der Waals surface area contributed by atoms with Crippen LogP contribution in [0.2, 0.25) is 0 Å². The van der Waals surface area contributed by atoms with Crippen molar-refractivity contribution in [3.8, 4) is 11.3 Å². The zero-order valence-corrected chi connectivity index (χ0v) is 14.3. The molecule has 2 aromatic carbocycles. The molecule has 2 aromatic heterocycles. The molecule has 1 amide bonds. The van der Waals surface area contributed by atoms with Crippen LogP contribution in [0.1, 0.15) is 0 Å². The Labute approximate surface area is 151 Å². The van der Waals surface area contributed by atoms with Gasteiger partial charge in [0.1, 0.15) is 12.1 Å². The molecule has 0 fully saturated rings. The van der Waals surface area contributed by atoms with Gasteiger partial charge in [-0.15, -0.1) is 16.4 Å². The first-order chi connectivity index (χ1) is 12.7. The second-order valence-electron chi connectivity index (χ2n) is 5.52. The van der Waals surface area contributed by atoms with Crippen LogP contribution < -0.4 is 10.9 Å². The predicted molar refractivity (Wildman–Crippen MR) is 100.0 cm³/mol. The van der Waals surface area contributed by atoms with Crippen molar-refractivity contribution >= 4 is 33.3 Å². The number of nitrogens with zero attached hydrogens (tertiary/aromatic N) is 4. The van der Waals surface area contributed by atoms with Crippen LogP contribution in [-0.2, 0) is 11.3 Å². The van der Waals surface area contributed by atoms with E-state index in [1.807, 2.05) is 35.7 Å². The van der Waals surface area contributed by atoms with Crippen molar-refractivity contribution in [3.05, 3.63) is 70.3 Å². The van der Waals surface area contributed by atoms with E-state index in [1.165, 1.54) is 11.3 Å². The van der Waals surface area contributed by atoms with Gasteiger partial charge in [-0.1, -0.05) is 47.7 Å². The summed E-state index contributed by atoms with van der Waals surface area (Å²) in [5.41, 5.74) is 1.91. The second-order valence-corrected chi connectivity index (χ2v) is 6.38. The Morgan fingerprint density at radius 1 is 1.08 bits per heavy atom. The van der Waals surface area contributed by atoms with Crippen LogP contribution in [0.4, 0.5) is 5.13 Å². The molecule has 4 aromatic rings. The van der Waals surface area contributed by atoms with E-state index in [-0.39, 0.29) is 18.0 Å². The lowest BCUT2D eigenvalue weighted by Crippen LogP contribution is -2.30. The Bertz CT molecular complexity index is 1140. The van der Waals surface area contributed by atoms with Gasteiger partial charge in [-0.3, -0.25) is 9.59 Å². The van der Waals surface area contributed by atoms with E-state index in [9.17, 15) is 9.59 Å². The second kappa shape index (κ2) is 6.85. The molecule has 26 heavy (non-hydrogen) atoms. The van der Waals surface area contributed by atoms with Crippen molar-refractivity contribution in [1.29, 1.82) is 0 Å². The summed E-state index contributed by atoms with van der Waals surface area (Å²) in [5, 5.41) is 13.2. The summed E-state index contributed by atoms with van der Waals surface area (Å²) in [4.78, 5) is 29.0. The Hall–Kier alpha value is -3.39. The highest BCUT2D eigenvalue weighted by Crippen LogP contribution is 2.24. The van der Waals surface area contributed by atoms with E-state index in [2.05, 4.69) is 20.6 Å². The third-order valence-electron chi connectivity index (χ3n) is 3.74. The standard InChI is InChI=1S/C18H13N5O2S/c24-16(10-23-17(25)13-8-4-5-9-14(13)21-22-23)20-18-19-15(11-26-18)12-6-2-1-3-7-12/h1-9,11H,10H2,(H,19,20,24). The maximum absolute atomic E-state index is 12.4. The maximum Gasteiger partial charge on any atom is 0.278 e. The lowest BCUT2D eigenvalue weighted by Gasteiger charge is -2.04. The summed E-state index contributed by atoms with van der Waals surface area (Å²) in [6, 6.07) is 16.6. The highest BCUT2D eigenvalue weighted by Gasteiger charge is 2.12. The summed E-state index contributed by atoms with van der Waals surface area (Å²) in [6.07, 6.45) is 0. The topological polar surface area (TPSA) is 89.8 Å². The molecule has 0 atom stereocenters. The molecule has 0 aliphatic carbocycles. The summed E-state index contributed by atoms with van der Waals surface area (Å²) < 4.78 is 1.05. The minimum Gasteiger partial charge on any atom is -0.300 e. The average Bonchev–Trinajstić information content (AvgIpc) is 3.13. The first-order valence-corrected chi connectivity index (χ1v) is 8.72. The summed E-state index contributed by atoms with van der Waals surface area (Å²) in [6.45, 7) is -0.225. The molecule has 2 heterocycles. The number of aromatic nitrogens is 4. The minimum absolute atomic E-state index is 0.225. The van der Waals surface area contributed by atoms with Crippen LogP contribution in [0.15, 0.2) is 64.8 Å². The molecule has 8 heteroatoms. The van der Waals surface area contributed by atoms with Gasteiger partial charge in [0.15, 0.2) is 5.13 Å². The van der Waals surface area contributed by atoms with E-state index >= 15 is 0 Å². The average molecular weight is 363 g/mol.